The van der Waals surface area contributed by atoms with E-state index in [-0.39, 0.29) is 6.61 Å². The summed E-state index contributed by atoms with van der Waals surface area (Å²) in [4.78, 5) is 3.97. The first-order valence-electron chi connectivity index (χ1n) is 6.06. The van der Waals surface area contributed by atoms with Crippen LogP contribution in [0.5, 0.6) is 5.75 Å². The molecular formula is C15H13ClN2O2. The summed E-state index contributed by atoms with van der Waals surface area (Å²) in [7, 11) is 0. The Bertz CT molecular complexity index is 651. The minimum atomic E-state index is -0.687. The monoisotopic (exact) mass is 288 g/mol. The second-order valence-electron chi connectivity index (χ2n) is 4.27. The van der Waals surface area contributed by atoms with Crippen LogP contribution < -0.4 is 4.74 Å². The Morgan fingerprint density at radius 3 is 2.95 bits per heavy atom. The zero-order valence-corrected chi connectivity index (χ0v) is 11.6. The van der Waals surface area contributed by atoms with Crippen LogP contribution in [-0.4, -0.2) is 10.1 Å². The van der Waals surface area contributed by atoms with E-state index in [9.17, 15) is 5.11 Å². The van der Waals surface area contributed by atoms with E-state index in [2.05, 4.69) is 4.98 Å². The summed E-state index contributed by atoms with van der Waals surface area (Å²) in [5.74, 6) is 0.539. The summed E-state index contributed by atoms with van der Waals surface area (Å²) in [6.07, 6.45) is 0.874. The van der Waals surface area contributed by atoms with Gasteiger partial charge in [-0.05, 0) is 31.2 Å². The fourth-order valence-electron chi connectivity index (χ4n) is 1.79. The molecule has 1 atom stereocenters. The zero-order chi connectivity index (χ0) is 14.5. The molecular weight excluding hydrogens is 276 g/mol. The van der Waals surface area contributed by atoms with Crippen molar-refractivity contribution in [2.24, 2.45) is 0 Å². The van der Waals surface area contributed by atoms with Crippen LogP contribution in [0.4, 0.5) is 0 Å². The van der Waals surface area contributed by atoms with Crippen molar-refractivity contribution in [2.45, 2.75) is 19.6 Å². The highest BCUT2D eigenvalue weighted by Gasteiger charge is 2.11. The predicted molar refractivity (Wildman–Crippen MR) is 75.4 cm³/mol. The van der Waals surface area contributed by atoms with E-state index in [0.29, 0.717) is 27.6 Å². The van der Waals surface area contributed by atoms with Crippen LogP contribution >= 0.6 is 11.6 Å². The molecule has 4 nitrogen and oxygen atoms in total. The molecule has 0 fully saturated rings. The maximum Gasteiger partial charge on any atom is 0.147 e. The Balaban J connectivity index is 2.21. The van der Waals surface area contributed by atoms with Gasteiger partial charge in [-0.1, -0.05) is 17.7 Å². The van der Waals surface area contributed by atoms with Gasteiger partial charge in [-0.3, -0.25) is 0 Å². The molecule has 20 heavy (non-hydrogen) atoms. The Hall–Kier alpha value is -2.09. The molecule has 0 saturated carbocycles. The van der Waals surface area contributed by atoms with Gasteiger partial charge >= 0.3 is 0 Å². The van der Waals surface area contributed by atoms with Gasteiger partial charge in [0.2, 0.25) is 0 Å². The number of halogens is 1. The van der Waals surface area contributed by atoms with Crippen LogP contribution in [0.2, 0.25) is 5.02 Å². The number of aliphatic hydroxyl groups excluding tert-OH is 1. The van der Waals surface area contributed by atoms with E-state index in [1.165, 1.54) is 0 Å². The van der Waals surface area contributed by atoms with Gasteiger partial charge in [0.15, 0.2) is 0 Å². The third kappa shape index (κ3) is 3.27. The molecule has 0 unspecified atom stereocenters. The molecule has 0 aliphatic carbocycles. The maximum absolute atomic E-state index is 9.72. The highest BCUT2D eigenvalue weighted by atomic mass is 35.5. The van der Waals surface area contributed by atoms with Crippen molar-refractivity contribution >= 4 is 11.6 Å². The van der Waals surface area contributed by atoms with Crippen LogP contribution in [0.3, 0.4) is 0 Å². The third-order valence-corrected chi connectivity index (χ3v) is 3.04. The van der Waals surface area contributed by atoms with Gasteiger partial charge in [0, 0.05) is 22.3 Å². The fraction of sp³-hybridized carbons (Fsp3) is 0.200. The number of rotatable bonds is 4. The zero-order valence-electron chi connectivity index (χ0n) is 10.9. The molecule has 0 aliphatic heterocycles. The number of aliphatic hydroxyl groups is 1. The largest absolute Gasteiger partial charge is 0.488 e. The first-order chi connectivity index (χ1) is 9.61. The fourth-order valence-corrected chi connectivity index (χ4v) is 1.97. The van der Waals surface area contributed by atoms with Gasteiger partial charge in [-0.25, -0.2) is 4.98 Å². The van der Waals surface area contributed by atoms with Gasteiger partial charge in [0.25, 0.3) is 0 Å². The smallest absolute Gasteiger partial charge is 0.147 e. The molecule has 0 radical (unpaired) electrons. The van der Waals surface area contributed by atoms with Crippen molar-refractivity contribution in [1.29, 1.82) is 5.26 Å². The van der Waals surface area contributed by atoms with Crippen molar-refractivity contribution in [1.82, 2.24) is 4.98 Å². The molecule has 1 aromatic heterocycles. The molecule has 0 amide bonds. The second-order valence-corrected chi connectivity index (χ2v) is 4.71. The van der Waals surface area contributed by atoms with Crippen LogP contribution in [0.1, 0.15) is 29.8 Å². The van der Waals surface area contributed by atoms with Crippen molar-refractivity contribution in [3.8, 4) is 11.8 Å². The number of hydrogen-bond acceptors (Lipinski definition) is 4. The summed E-state index contributed by atoms with van der Waals surface area (Å²) in [5, 5.41) is 19.2. The van der Waals surface area contributed by atoms with Crippen molar-refractivity contribution in [2.75, 3.05) is 0 Å². The molecule has 2 rings (SSSR count). The Morgan fingerprint density at radius 2 is 2.25 bits per heavy atom. The highest BCUT2D eigenvalue weighted by Crippen LogP contribution is 2.29. The average molecular weight is 289 g/mol. The van der Waals surface area contributed by atoms with E-state index >= 15 is 0 Å². The Morgan fingerprint density at radius 1 is 1.45 bits per heavy atom. The Labute approximate surface area is 122 Å². The second kappa shape index (κ2) is 6.38. The van der Waals surface area contributed by atoms with Crippen molar-refractivity contribution in [3.05, 3.63) is 58.4 Å². The number of hydrogen-bond donors (Lipinski definition) is 1. The van der Waals surface area contributed by atoms with E-state index in [4.69, 9.17) is 21.6 Å². The lowest BCUT2D eigenvalue weighted by Gasteiger charge is -2.14. The minimum Gasteiger partial charge on any atom is -0.488 e. The maximum atomic E-state index is 9.72. The highest BCUT2D eigenvalue weighted by molar-refractivity contribution is 6.30. The molecule has 5 heteroatoms. The first-order valence-corrected chi connectivity index (χ1v) is 6.44. The molecule has 2 aromatic rings. The number of benzene rings is 1. The summed E-state index contributed by atoms with van der Waals surface area (Å²) >= 11 is 5.91. The average Bonchev–Trinajstić information content (AvgIpc) is 2.46. The number of nitrogens with zero attached hydrogens (tertiary/aromatic N) is 2. The minimum absolute atomic E-state index is 0.206. The molecule has 1 heterocycles. The standard InChI is InChI=1S/C15H13ClN2O2/c1-10(19)13-7-12(16)4-5-15(13)20-9-11-3-2-6-18-14(11)8-17/h2-7,10,19H,9H2,1H3/t10-/m0/s1. The SMILES string of the molecule is C[C@H](O)c1cc(Cl)ccc1OCc1cccnc1C#N. The summed E-state index contributed by atoms with van der Waals surface area (Å²) < 4.78 is 5.67. The van der Waals surface area contributed by atoms with E-state index < -0.39 is 6.10 Å². The summed E-state index contributed by atoms with van der Waals surface area (Å²) in [6.45, 7) is 1.85. The van der Waals surface area contributed by atoms with Crippen LogP contribution in [0, 0.1) is 11.3 Å². The van der Waals surface area contributed by atoms with Crippen LogP contribution in [-0.2, 0) is 6.61 Å². The lowest BCUT2D eigenvalue weighted by molar-refractivity contribution is 0.190. The van der Waals surface area contributed by atoms with Gasteiger partial charge in [-0.2, -0.15) is 5.26 Å². The van der Waals surface area contributed by atoms with Gasteiger partial charge in [-0.15, -0.1) is 0 Å². The predicted octanol–water partition coefficient (Wildman–Crippen LogP) is 3.24. The molecule has 0 saturated heterocycles. The molecule has 1 N–H and O–H groups in total. The number of nitriles is 1. The summed E-state index contributed by atoms with van der Waals surface area (Å²) in [5.41, 5.74) is 1.64. The lowest BCUT2D eigenvalue weighted by atomic mass is 10.1. The summed E-state index contributed by atoms with van der Waals surface area (Å²) in [6, 6.07) is 10.6. The number of ether oxygens (including phenoxy) is 1. The molecule has 102 valence electrons. The van der Waals surface area contributed by atoms with Crippen LogP contribution in [0.25, 0.3) is 0 Å². The van der Waals surface area contributed by atoms with Gasteiger partial charge in [0.1, 0.15) is 24.1 Å². The quantitative estimate of drug-likeness (QED) is 0.938. The topological polar surface area (TPSA) is 66.1 Å². The van der Waals surface area contributed by atoms with E-state index in [1.54, 1.807) is 43.5 Å². The normalized spacial score (nSPS) is 11.7. The Kier molecular flexibility index (Phi) is 4.57. The molecule has 0 spiro atoms. The number of aromatic nitrogens is 1. The van der Waals surface area contributed by atoms with Gasteiger partial charge in [0.05, 0.1) is 6.10 Å². The molecule has 0 aliphatic rings. The van der Waals surface area contributed by atoms with Gasteiger partial charge < -0.3 is 9.84 Å². The van der Waals surface area contributed by atoms with Crippen molar-refractivity contribution in [3.63, 3.8) is 0 Å². The first kappa shape index (κ1) is 14.3. The molecule has 1 aromatic carbocycles. The van der Waals surface area contributed by atoms with Crippen LogP contribution in [0.15, 0.2) is 36.5 Å². The van der Waals surface area contributed by atoms with E-state index in [0.717, 1.165) is 0 Å². The third-order valence-electron chi connectivity index (χ3n) is 2.80. The lowest BCUT2D eigenvalue weighted by Crippen LogP contribution is -2.03. The van der Waals surface area contributed by atoms with Crippen molar-refractivity contribution < 1.29 is 9.84 Å². The van der Waals surface area contributed by atoms with E-state index in [1.807, 2.05) is 6.07 Å². The number of pyridine rings is 1. The molecule has 0 bridgehead atoms.